The molecule has 0 bridgehead atoms. The molecule has 2 rings (SSSR count). The molecule has 1 heterocycles. The lowest BCUT2D eigenvalue weighted by Gasteiger charge is -2.28. The van der Waals surface area contributed by atoms with Crippen molar-refractivity contribution in [3.63, 3.8) is 0 Å². The van der Waals surface area contributed by atoms with Crippen molar-refractivity contribution in [3.8, 4) is 0 Å². The highest BCUT2D eigenvalue weighted by atomic mass is 35.5. The van der Waals surface area contributed by atoms with Gasteiger partial charge < -0.3 is 9.84 Å². The van der Waals surface area contributed by atoms with E-state index in [1.54, 1.807) is 25.2 Å². The van der Waals surface area contributed by atoms with Crippen LogP contribution in [-0.2, 0) is 14.3 Å². The highest BCUT2D eigenvalue weighted by Crippen LogP contribution is 2.33. The Morgan fingerprint density at radius 3 is 2.67 bits per heavy atom. The van der Waals surface area contributed by atoms with Crippen molar-refractivity contribution < 1.29 is 19.4 Å². The summed E-state index contributed by atoms with van der Waals surface area (Å²) in [5.74, 6) is -1.70. The van der Waals surface area contributed by atoms with Crippen LogP contribution >= 0.6 is 11.6 Å². The quantitative estimate of drug-likeness (QED) is 0.484. The zero-order chi connectivity index (χ0) is 16.0. The molecule has 2 aliphatic rings. The summed E-state index contributed by atoms with van der Waals surface area (Å²) in [7, 11) is 0. The minimum absolute atomic E-state index is 0.186. The molecule has 0 aromatic heterocycles. The molecule has 3 atom stereocenters. The lowest BCUT2D eigenvalue weighted by molar-refractivity contribution is -0.151. The van der Waals surface area contributed by atoms with Crippen molar-refractivity contribution in [1.29, 1.82) is 0 Å². The molecule has 1 N–H and O–H groups in total. The monoisotopic (exact) mass is 310 g/mol. The number of hydrogen-bond acceptors (Lipinski definition) is 4. The molecule has 3 unspecified atom stereocenters. The third-order valence-corrected chi connectivity index (χ3v) is 3.46. The molecule has 1 fully saturated rings. The number of ether oxygens (including phenoxy) is 1. The van der Waals surface area contributed by atoms with E-state index in [2.05, 4.69) is 6.58 Å². The van der Waals surface area contributed by atoms with E-state index in [1.165, 1.54) is 11.6 Å². The van der Waals surface area contributed by atoms with Crippen LogP contribution in [0.25, 0.3) is 0 Å². The van der Waals surface area contributed by atoms with Crippen LogP contribution in [-0.4, -0.2) is 23.0 Å². The zero-order valence-corrected chi connectivity index (χ0v) is 12.8. The maximum Gasteiger partial charge on any atom is 0.322 e. The van der Waals surface area contributed by atoms with Crippen LogP contribution in [0.15, 0.2) is 47.8 Å². The number of allylic oxidation sites excluding steroid dienone is 3. The van der Waals surface area contributed by atoms with Crippen LogP contribution in [0.3, 0.4) is 0 Å². The van der Waals surface area contributed by atoms with E-state index in [4.69, 9.17) is 16.3 Å². The third kappa shape index (κ3) is 4.16. The number of Topliss-reactive ketones (excluding diaryl/α,β-unsaturated/α-hetero) is 1. The van der Waals surface area contributed by atoms with E-state index in [0.29, 0.717) is 12.0 Å². The Bertz CT molecular complexity index is 512. The fourth-order valence-corrected chi connectivity index (χ4v) is 2.02. The summed E-state index contributed by atoms with van der Waals surface area (Å²) in [5.41, 5.74) is 1.87. The number of carbonyl (C=O) groups is 2. The first kappa shape index (κ1) is 17.4. The molecule has 0 aromatic rings. The number of esters is 1. The fourth-order valence-electron chi connectivity index (χ4n) is 2.02. The number of aliphatic hydroxyl groups excluding tert-OH is 1. The van der Waals surface area contributed by atoms with Crippen LogP contribution < -0.4 is 0 Å². The van der Waals surface area contributed by atoms with E-state index < -0.39 is 18.0 Å². The molecule has 0 aromatic carbocycles. The Kier molecular flexibility index (Phi) is 6.59. The van der Waals surface area contributed by atoms with Crippen LogP contribution in [0.5, 0.6) is 0 Å². The summed E-state index contributed by atoms with van der Waals surface area (Å²) >= 11 is 5.01. The first-order valence-electron chi connectivity index (χ1n) is 6.66. The van der Waals surface area contributed by atoms with Crippen LogP contribution in [0, 0.1) is 11.8 Å². The molecular weight excluding hydrogens is 292 g/mol. The van der Waals surface area contributed by atoms with Gasteiger partial charge in [0.25, 0.3) is 0 Å². The van der Waals surface area contributed by atoms with Crippen LogP contribution in [0.2, 0.25) is 0 Å². The van der Waals surface area contributed by atoms with Gasteiger partial charge in [-0.2, -0.15) is 0 Å². The number of fused-ring (bicyclic) bond motifs is 1. The molecule has 4 nitrogen and oxygen atoms in total. The second kappa shape index (κ2) is 7.96. The summed E-state index contributed by atoms with van der Waals surface area (Å²) in [6.07, 6.45) is 6.04. The van der Waals surface area contributed by atoms with Gasteiger partial charge in [0.15, 0.2) is 5.78 Å². The molecule has 21 heavy (non-hydrogen) atoms. The highest BCUT2D eigenvalue weighted by molar-refractivity contribution is 6.25. The zero-order valence-electron chi connectivity index (χ0n) is 12.1. The van der Waals surface area contributed by atoms with E-state index >= 15 is 0 Å². The van der Waals surface area contributed by atoms with Crippen molar-refractivity contribution in [3.05, 3.63) is 47.8 Å². The molecule has 0 saturated carbocycles. The second-order valence-electron chi connectivity index (χ2n) is 4.77. The molecule has 0 amide bonds. The number of hydrogen-bond donors (Lipinski definition) is 1. The van der Waals surface area contributed by atoms with Crippen molar-refractivity contribution in [2.24, 2.45) is 11.8 Å². The maximum absolute atomic E-state index is 12.1. The summed E-state index contributed by atoms with van der Waals surface area (Å²) in [6, 6.07) is 0. The Morgan fingerprint density at radius 2 is 2.14 bits per heavy atom. The van der Waals surface area contributed by atoms with Crippen LogP contribution in [0.1, 0.15) is 20.3 Å². The van der Waals surface area contributed by atoms with Gasteiger partial charge in [-0.1, -0.05) is 36.8 Å². The van der Waals surface area contributed by atoms with Gasteiger partial charge in [0.1, 0.15) is 11.7 Å². The Hall–Kier alpha value is -1.65. The van der Waals surface area contributed by atoms with Gasteiger partial charge in [-0.25, -0.2) is 0 Å². The summed E-state index contributed by atoms with van der Waals surface area (Å²) in [6.45, 7) is 7.21. The van der Waals surface area contributed by atoms with E-state index in [-0.39, 0.29) is 17.5 Å². The molecule has 1 saturated heterocycles. The van der Waals surface area contributed by atoms with E-state index in [9.17, 15) is 14.7 Å². The standard InChI is InChI=1S/C13H14O4.C3H5Cl/c1-3-7(2)11-12(15)9-5-4-8(14)6-10(9)17-13(11)16;1-2-3-4/h3,5-8,11,14H,1,4H2,2H3;2-3H,1H3/b;3-2+. The number of halogens is 1. The minimum Gasteiger partial charge on any atom is -0.425 e. The first-order chi connectivity index (χ1) is 9.96. The molecular formula is C16H19ClO4. The number of carbonyl (C=O) groups excluding carboxylic acids is 2. The lowest BCUT2D eigenvalue weighted by atomic mass is 9.82. The summed E-state index contributed by atoms with van der Waals surface area (Å²) in [5, 5.41) is 9.40. The Morgan fingerprint density at radius 1 is 1.52 bits per heavy atom. The van der Waals surface area contributed by atoms with Crippen molar-refractivity contribution in [2.75, 3.05) is 0 Å². The van der Waals surface area contributed by atoms with Crippen molar-refractivity contribution >= 4 is 23.4 Å². The maximum atomic E-state index is 12.1. The molecule has 0 spiro atoms. The molecule has 1 aliphatic carbocycles. The minimum atomic E-state index is -0.814. The van der Waals surface area contributed by atoms with Gasteiger partial charge in [-0.3, -0.25) is 9.59 Å². The summed E-state index contributed by atoms with van der Waals surface area (Å²) in [4.78, 5) is 23.9. The first-order valence-corrected chi connectivity index (χ1v) is 7.10. The predicted octanol–water partition coefficient (Wildman–Crippen LogP) is 2.88. The second-order valence-corrected chi connectivity index (χ2v) is 5.02. The SMILES string of the molecule is C/C=C/Cl.C=CC(C)C1C(=O)OC2=CC(O)CC=C2C1=O. The number of aliphatic hydroxyl groups is 1. The number of rotatable bonds is 2. The topological polar surface area (TPSA) is 63.6 Å². The molecule has 0 radical (unpaired) electrons. The van der Waals surface area contributed by atoms with Gasteiger partial charge in [0.05, 0.1) is 11.7 Å². The lowest BCUT2D eigenvalue weighted by Crippen LogP contribution is -2.38. The predicted molar refractivity (Wildman–Crippen MR) is 81.4 cm³/mol. The molecule has 5 heteroatoms. The highest BCUT2D eigenvalue weighted by Gasteiger charge is 2.41. The smallest absolute Gasteiger partial charge is 0.322 e. The fraction of sp³-hybridized carbons (Fsp3) is 0.375. The van der Waals surface area contributed by atoms with E-state index in [0.717, 1.165) is 0 Å². The van der Waals surface area contributed by atoms with Gasteiger partial charge in [0, 0.05) is 0 Å². The van der Waals surface area contributed by atoms with Gasteiger partial charge >= 0.3 is 5.97 Å². The van der Waals surface area contributed by atoms with Crippen molar-refractivity contribution in [2.45, 2.75) is 26.4 Å². The van der Waals surface area contributed by atoms with Gasteiger partial charge in [-0.05, 0) is 30.9 Å². The van der Waals surface area contributed by atoms with E-state index in [1.807, 2.05) is 6.92 Å². The largest absolute Gasteiger partial charge is 0.425 e. The number of ketones is 1. The molecule has 1 aliphatic heterocycles. The normalized spacial score (nSPS) is 25.9. The Balaban J connectivity index is 0.000000491. The average molecular weight is 311 g/mol. The molecule has 114 valence electrons. The van der Waals surface area contributed by atoms with Crippen molar-refractivity contribution in [1.82, 2.24) is 0 Å². The summed E-state index contributed by atoms with van der Waals surface area (Å²) < 4.78 is 5.09. The van der Waals surface area contributed by atoms with Gasteiger partial charge in [0.2, 0.25) is 0 Å². The van der Waals surface area contributed by atoms with Crippen LogP contribution in [0.4, 0.5) is 0 Å². The van der Waals surface area contributed by atoms with Gasteiger partial charge in [-0.15, -0.1) is 6.58 Å². The average Bonchev–Trinajstić information content (AvgIpc) is 2.46. The third-order valence-electron chi connectivity index (χ3n) is 3.21. The Labute approximate surface area is 129 Å².